The summed E-state index contributed by atoms with van der Waals surface area (Å²) >= 11 is 12.6. The lowest BCUT2D eigenvalue weighted by Crippen LogP contribution is -2.53. The number of carbonyl (C=O) groups excluding carboxylic acids is 2. The number of sulfonamides is 1. The van der Waals surface area contributed by atoms with E-state index in [1.807, 2.05) is 44.2 Å². The molecule has 0 spiro atoms. The minimum Gasteiger partial charge on any atom is -0.495 e. The lowest BCUT2D eigenvalue weighted by molar-refractivity contribution is -0.140. The first kappa shape index (κ1) is 33.2. The highest BCUT2D eigenvalue weighted by Crippen LogP contribution is 2.32. The van der Waals surface area contributed by atoms with Crippen LogP contribution >= 0.6 is 23.2 Å². The Labute approximate surface area is 258 Å². The Morgan fingerprint density at radius 3 is 2.36 bits per heavy atom. The number of hydrogen-bond acceptors (Lipinski definition) is 5. The smallest absolute Gasteiger partial charge is 0.244 e. The Morgan fingerprint density at radius 2 is 1.74 bits per heavy atom. The average molecular weight is 635 g/mol. The fourth-order valence-corrected chi connectivity index (χ4v) is 5.80. The summed E-state index contributed by atoms with van der Waals surface area (Å²) in [6.45, 7) is 3.68. The molecule has 0 fully saturated rings. The van der Waals surface area contributed by atoms with E-state index in [4.69, 9.17) is 27.9 Å². The van der Waals surface area contributed by atoms with Crippen LogP contribution in [-0.2, 0) is 32.6 Å². The van der Waals surface area contributed by atoms with Crippen LogP contribution < -0.4 is 14.4 Å². The molecule has 1 atom stereocenters. The first-order valence-electron chi connectivity index (χ1n) is 13.6. The number of unbranched alkanes of at least 4 members (excludes halogenated alkanes) is 1. The molecule has 0 radical (unpaired) electrons. The Kier molecular flexibility index (Phi) is 12.1. The van der Waals surface area contributed by atoms with Crippen LogP contribution in [0.4, 0.5) is 5.69 Å². The number of nitrogens with one attached hydrogen (secondary N) is 1. The molecule has 0 bridgehead atoms. The SMILES string of the molecule is CCCCNC(=O)[C@H](Cc1ccccc1)N(Cc1ccc(Cl)cc1Cl)C(=O)CN(c1cc(C)ccc1OC)S(C)(=O)=O. The van der Waals surface area contributed by atoms with Crippen molar-refractivity contribution >= 4 is 50.7 Å². The summed E-state index contributed by atoms with van der Waals surface area (Å²) < 4.78 is 32.6. The molecule has 3 aromatic carbocycles. The summed E-state index contributed by atoms with van der Waals surface area (Å²) in [5.74, 6) is -0.629. The number of ether oxygens (including phenoxy) is 1. The summed E-state index contributed by atoms with van der Waals surface area (Å²) in [6.07, 6.45) is 2.90. The molecule has 11 heteroatoms. The molecule has 2 amide bonds. The third-order valence-corrected chi connectivity index (χ3v) is 8.45. The van der Waals surface area contributed by atoms with E-state index in [-0.39, 0.29) is 24.6 Å². The normalized spacial score (nSPS) is 12.0. The van der Waals surface area contributed by atoms with Crippen molar-refractivity contribution in [1.82, 2.24) is 10.2 Å². The van der Waals surface area contributed by atoms with Gasteiger partial charge in [-0.2, -0.15) is 0 Å². The van der Waals surface area contributed by atoms with Crippen molar-refractivity contribution in [2.24, 2.45) is 0 Å². The third-order valence-electron chi connectivity index (χ3n) is 6.74. The summed E-state index contributed by atoms with van der Waals surface area (Å²) in [7, 11) is -2.51. The standard InChI is InChI=1S/C31H37Cl2N3O5S/c1-5-6-16-34-31(38)28(18-23-10-8-7-9-11-23)35(20-24-13-14-25(32)19-26(24)33)30(37)21-36(42(4,39)40)27-17-22(2)12-15-29(27)41-3/h7-15,17,19,28H,5-6,16,18,20-21H2,1-4H3,(H,34,38)/t28-/m0/s1. The third kappa shape index (κ3) is 9.11. The van der Waals surface area contributed by atoms with Crippen molar-refractivity contribution in [3.63, 3.8) is 0 Å². The summed E-state index contributed by atoms with van der Waals surface area (Å²) in [4.78, 5) is 29.3. The Bertz CT molecular complexity index is 1490. The van der Waals surface area contributed by atoms with Crippen molar-refractivity contribution < 1.29 is 22.7 Å². The van der Waals surface area contributed by atoms with Crippen LogP contribution in [0.5, 0.6) is 5.75 Å². The highest BCUT2D eigenvalue weighted by molar-refractivity contribution is 7.92. The predicted molar refractivity (Wildman–Crippen MR) is 169 cm³/mol. The second-order valence-corrected chi connectivity index (χ2v) is 12.8. The van der Waals surface area contributed by atoms with E-state index >= 15 is 0 Å². The molecule has 0 saturated heterocycles. The first-order valence-corrected chi connectivity index (χ1v) is 16.2. The molecule has 0 aromatic heterocycles. The highest BCUT2D eigenvalue weighted by Gasteiger charge is 2.34. The predicted octanol–water partition coefficient (Wildman–Crippen LogP) is 5.63. The van der Waals surface area contributed by atoms with Crippen LogP contribution in [0.25, 0.3) is 0 Å². The second kappa shape index (κ2) is 15.3. The summed E-state index contributed by atoms with van der Waals surface area (Å²) in [6, 6.07) is 18.4. The molecular weight excluding hydrogens is 597 g/mol. The van der Waals surface area contributed by atoms with Crippen LogP contribution in [0, 0.1) is 6.92 Å². The molecular formula is C31H37Cl2N3O5S. The fourth-order valence-electron chi connectivity index (χ4n) is 4.48. The molecule has 0 heterocycles. The number of amides is 2. The Morgan fingerprint density at radius 1 is 1.02 bits per heavy atom. The van der Waals surface area contributed by atoms with Gasteiger partial charge in [-0.05, 0) is 54.3 Å². The fraction of sp³-hybridized carbons (Fsp3) is 0.355. The minimum absolute atomic E-state index is 0.0455. The van der Waals surface area contributed by atoms with Gasteiger partial charge in [0.25, 0.3) is 0 Å². The van der Waals surface area contributed by atoms with Gasteiger partial charge in [0.15, 0.2) is 0 Å². The lowest BCUT2D eigenvalue weighted by atomic mass is 10.0. The number of benzene rings is 3. The molecule has 3 aromatic rings. The van der Waals surface area contributed by atoms with Gasteiger partial charge in [-0.3, -0.25) is 13.9 Å². The van der Waals surface area contributed by atoms with E-state index < -0.39 is 28.5 Å². The largest absolute Gasteiger partial charge is 0.495 e. The molecule has 42 heavy (non-hydrogen) atoms. The lowest BCUT2D eigenvalue weighted by Gasteiger charge is -2.34. The zero-order valence-electron chi connectivity index (χ0n) is 24.3. The van der Waals surface area contributed by atoms with E-state index in [0.29, 0.717) is 27.9 Å². The van der Waals surface area contributed by atoms with Gasteiger partial charge in [-0.15, -0.1) is 0 Å². The van der Waals surface area contributed by atoms with E-state index in [1.165, 1.54) is 12.0 Å². The maximum absolute atomic E-state index is 14.2. The molecule has 0 aliphatic heterocycles. The van der Waals surface area contributed by atoms with E-state index in [2.05, 4.69) is 5.32 Å². The van der Waals surface area contributed by atoms with Gasteiger partial charge in [0.05, 0.1) is 19.1 Å². The van der Waals surface area contributed by atoms with Crippen molar-refractivity contribution in [3.8, 4) is 5.75 Å². The molecule has 226 valence electrons. The van der Waals surface area contributed by atoms with Crippen LogP contribution in [0.2, 0.25) is 10.0 Å². The molecule has 0 saturated carbocycles. The van der Waals surface area contributed by atoms with Crippen LogP contribution in [0.1, 0.15) is 36.5 Å². The van der Waals surface area contributed by atoms with Crippen molar-refractivity contribution in [1.29, 1.82) is 0 Å². The maximum Gasteiger partial charge on any atom is 0.244 e. The minimum atomic E-state index is -3.94. The van der Waals surface area contributed by atoms with Crippen LogP contribution in [-0.4, -0.2) is 57.6 Å². The Balaban J connectivity index is 2.10. The number of rotatable bonds is 14. The van der Waals surface area contributed by atoms with Gasteiger partial charge in [-0.1, -0.05) is 79.0 Å². The van der Waals surface area contributed by atoms with Crippen molar-refractivity contribution in [2.45, 2.75) is 45.7 Å². The maximum atomic E-state index is 14.2. The number of hydrogen-bond donors (Lipinski definition) is 1. The number of nitrogens with zero attached hydrogens (tertiary/aromatic N) is 2. The number of carbonyl (C=O) groups is 2. The molecule has 0 unspecified atom stereocenters. The van der Waals surface area contributed by atoms with Gasteiger partial charge in [0.2, 0.25) is 21.8 Å². The topological polar surface area (TPSA) is 96.0 Å². The van der Waals surface area contributed by atoms with E-state index in [1.54, 1.807) is 36.4 Å². The quantitative estimate of drug-likeness (QED) is 0.232. The van der Waals surface area contributed by atoms with Crippen molar-refractivity contribution in [2.75, 3.05) is 30.8 Å². The number of halogens is 2. The monoisotopic (exact) mass is 633 g/mol. The highest BCUT2D eigenvalue weighted by atomic mass is 35.5. The Hall–Kier alpha value is -3.27. The zero-order chi connectivity index (χ0) is 30.9. The molecule has 8 nitrogen and oxygen atoms in total. The summed E-state index contributed by atoms with van der Waals surface area (Å²) in [5, 5.41) is 3.70. The van der Waals surface area contributed by atoms with E-state index in [0.717, 1.165) is 34.5 Å². The molecule has 0 aliphatic rings. The van der Waals surface area contributed by atoms with Gasteiger partial charge < -0.3 is 15.0 Å². The average Bonchev–Trinajstić information content (AvgIpc) is 2.94. The number of anilines is 1. The molecule has 3 rings (SSSR count). The summed E-state index contributed by atoms with van der Waals surface area (Å²) in [5.41, 5.74) is 2.42. The number of aryl methyl sites for hydroxylation is 1. The van der Waals surface area contributed by atoms with Gasteiger partial charge in [-0.25, -0.2) is 8.42 Å². The molecule has 0 aliphatic carbocycles. The second-order valence-electron chi connectivity index (χ2n) is 10.1. The van der Waals surface area contributed by atoms with Crippen LogP contribution in [0.15, 0.2) is 66.7 Å². The zero-order valence-corrected chi connectivity index (χ0v) is 26.6. The first-order chi connectivity index (χ1) is 19.9. The van der Waals surface area contributed by atoms with Gasteiger partial charge >= 0.3 is 0 Å². The van der Waals surface area contributed by atoms with Crippen molar-refractivity contribution in [3.05, 3.63) is 93.5 Å². The van der Waals surface area contributed by atoms with E-state index in [9.17, 15) is 18.0 Å². The van der Waals surface area contributed by atoms with Gasteiger partial charge in [0, 0.05) is 29.6 Å². The molecule has 1 N–H and O–H groups in total. The van der Waals surface area contributed by atoms with Gasteiger partial charge in [0.1, 0.15) is 18.3 Å². The van der Waals surface area contributed by atoms with Crippen LogP contribution in [0.3, 0.4) is 0 Å². The number of methoxy groups -OCH3 is 1.